The van der Waals surface area contributed by atoms with Crippen LogP contribution >= 0.6 is 11.6 Å². The van der Waals surface area contributed by atoms with Gasteiger partial charge in [-0.1, -0.05) is 23.7 Å². The molecule has 0 radical (unpaired) electrons. The first-order valence-corrected chi connectivity index (χ1v) is 9.04. The summed E-state index contributed by atoms with van der Waals surface area (Å²) in [4.78, 5) is 21.2. The monoisotopic (exact) mass is 380 g/mol. The summed E-state index contributed by atoms with van der Waals surface area (Å²) in [6.45, 7) is 5.79. The van der Waals surface area contributed by atoms with Crippen molar-refractivity contribution in [1.29, 1.82) is 0 Å². The van der Waals surface area contributed by atoms with Gasteiger partial charge in [-0.15, -0.1) is 0 Å². The van der Waals surface area contributed by atoms with Crippen LogP contribution in [0.2, 0.25) is 5.02 Å². The largest absolute Gasteiger partial charge is 0.346 e. The predicted molar refractivity (Wildman–Crippen MR) is 109 cm³/mol. The summed E-state index contributed by atoms with van der Waals surface area (Å²) in [5, 5.41) is 6.82. The Labute approximate surface area is 163 Å². The van der Waals surface area contributed by atoms with Gasteiger partial charge < -0.3 is 10.6 Å². The van der Waals surface area contributed by atoms with Crippen molar-refractivity contribution >= 4 is 29.1 Å². The molecule has 0 aliphatic rings. The quantitative estimate of drug-likeness (QED) is 0.655. The molecule has 0 bridgehead atoms. The lowest BCUT2D eigenvalue weighted by Crippen LogP contribution is -2.26. The SMILES string of the molecule is Cc1cc(C)nc(Nc2ccc(C(=O)N[C@H](C)c3ccc(Cl)cc3)cc2)n1. The maximum atomic E-state index is 12.5. The van der Waals surface area contributed by atoms with E-state index in [1.54, 1.807) is 12.1 Å². The molecule has 1 heterocycles. The van der Waals surface area contributed by atoms with Crippen molar-refractivity contribution in [3.63, 3.8) is 0 Å². The highest BCUT2D eigenvalue weighted by atomic mass is 35.5. The summed E-state index contributed by atoms with van der Waals surface area (Å²) >= 11 is 5.91. The third kappa shape index (κ3) is 5.05. The fourth-order valence-electron chi connectivity index (χ4n) is 2.73. The average molecular weight is 381 g/mol. The van der Waals surface area contributed by atoms with Gasteiger partial charge in [-0.25, -0.2) is 9.97 Å². The maximum absolute atomic E-state index is 12.5. The van der Waals surface area contributed by atoms with Crippen molar-refractivity contribution in [3.05, 3.63) is 82.1 Å². The van der Waals surface area contributed by atoms with Gasteiger partial charge in [-0.05, 0) is 68.8 Å². The zero-order chi connectivity index (χ0) is 19.4. The van der Waals surface area contributed by atoms with Crippen molar-refractivity contribution in [1.82, 2.24) is 15.3 Å². The number of hydrogen-bond donors (Lipinski definition) is 2. The van der Waals surface area contributed by atoms with Crippen LogP contribution in [0.15, 0.2) is 54.6 Å². The molecule has 0 spiro atoms. The number of hydrogen-bond acceptors (Lipinski definition) is 4. The Morgan fingerprint density at radius 3 is 2.15 bits per heavy atom. The van der Waals surface area contributed by atoms with E-state index in [1.165, 1.54) is 0 Å². The van der Waals surface area contributed by atoms with E-state index in [4.69, 9.17) is 11.6 Å². The van der Waals surface area contributed by atoms with Crippen LogP contribution in [-0.2, 0) is 0 Å². The predicted octanol–water partition coefficient (Wildman–Crippen LogP) is 4.98. The number of amides is 1. The van der Waals surface area contributed by atoms with Gasteiger partial charge in [0.25, 0.3) is 5.91 Å². The van der Waals surface area contributed by atoms with Crippen LogP contribution in [0.25, 0.3) is 0 Å². The molecule has 138 valence electrons. The Morgan fingerprint density at radius 2 is 1.56 bits per heavy atom. The van der Waals surface area contributed by atoms with Gasteiger partial charge in [0.05, 0.1) is 6.04 Å². The third-order valence-electron chi connectivity index (χ3n) is 4.10. The van der Waals surface area contributed by atoms with Crippen molar-refractivity contribution < 1.29 is 4.79 Å². The van der Waals surface area contributed by atoms with Gasteiger partial charge in [0.1, 0.15) is 0 Å². The van der Waals surface area contributed by atoms with E-state index in [-0.39, 0.29) is 11.9 Å². The number of nitrogens with one attached hydrogen (secondary N) is 2. The lowest BCUT2D eigenvalue weighted by molar-refractivity contribution is 0.0940. The van der Waals surface area contributed by atoms with E-state index >= 15 is 0 Å². The fourth-order valence-corrected chi connectivity index (χ4v) is 2.86. The first kappa shape index (κ1) is 18.9. The molecule has 1 atom stereocenters. The first-order chi connectivity index (χ1) is 12.9. The number of anilines is 2. The molecule has 0 saturated heterocycles. The molecule has 0 aliphatic heterocycles. The molecular weight excluding hydrogens is 360 g/mol. The summed E-state index contributed by atoms with van der Waals surface area (Å²) in [5.41, 5.74) is 4.21. The normalized spacial score (nSPS) is 11.7. The second-order valence-corrected chi connectivity index (χ2v) is 6.86. The number of nitrogens with zero attached hydrogens (tertiary/aromatic N) is 2. The highest BCUT2D eigenvalue weighted by Gasteiger charge is 2.11. The maximum Gasteiger partial charge on any atom is 0.251 e. The fraction of sp³-hybridized carbons (Fsp3) is 0.190. The third-order valence-corrected chi connectivity index (χ3v) is 4.36. The van der Waals surface area contributed by atoms with Crippen molar-refractivity contribution in [2.24, 2.45) is 0 Å². The van der Waals surface area contributed by atoms with Gasteiger partial charge in [-0.2, -0.15) is 0 Å². The van der Waals surface area contributed by atoms with E-state index in [2.05, 4.69) is 20.6 Å². The Bertz CT molecular complexity index is 919. The molecule has 0 fully saturated rings. The van der Waals surface area contributed by atoms with E-state index in [0.717, 1.165) is 22.6 Å². The van der Waals surface area contributed by atoms with Gasteiger partial charge in [0.15, 0.2) is 0 Å². The van der Waals surface area contributed by atoms with Gasteiger partial charge >= 0.3 is 0 Å². The lowest BCUT2D eigenvalue weighted by atomic mass is 10.1. The molecule has 2 N–H and O–H groups in total. The van der Waals surface area contributed by atoms with E-state index in [1.807, 2.05) is 63.2 Å². The van der Waals surface area contributed by atoms with Crippen LogP contribution in [0.5, 0.6) is 0 Å². The number of carbonyl (C=O) groups is 1. The van der Waals surface area contributed by atoms with Crippen molar-refractivity contribution in [3.8, 4) is 0 Å². The number of aryl methyl sites for hydroxylation is 2. The second-order valence-electron chi connectivity index (χ2n) is 6.42. The number of carbonyl (C=O) groups excluding carboxylic acids is 1. The smallest absolute Gasteiger partial charge is 0.251 e. The van der Waals surface area contributed by atoms with Gasteiger partial charge in [-0.3, -0.25) is 4.79 Å². The average Bonchev–Trinajstić information content (AvgIpc) is 2.62. The van der Waals surface area contributed by atoms with Crippen LogP contribution in [0.1, 0.15) is 40.3 Å². The molecule has 1 amide bonds. The first-order valence-electron chi connectivity index (χ1n) is 8.66. The summed E-state index contributed by atoms with van der Waals surface area (Å²) < 4.78 is 0. The van der Waals surface area contributed by atoms with Gasteiger partial charge in [0.2, 0.25) is 5.95 Å². The Morgan fingerprint density at radius 1 is 0.963 bits per heavy atom. The van der Waals surface area contributed by atoms with Gasteiger partial charge in [0, 0.05) is 27.7 Å². The molecule has 0 aliphatic carbocycles. The number of aromatic nitrogens is 2. The van der Waals surface area contributed by atoms with E-state index in [0.29, 0.717) is 16.5 Å². The van der Waals surface area contributed by atoms with Crippen LogP contribution in [0.4, 0.5) is 11.6 Å². The topological polar surface area (TPSA) is 66.9 Å². The van der Waals surface area contributed by atoms with Crippen LogP contribution in [0.3, 0.4) is 0 Å². The highest BCUT2D eigenvalue weighted by molar-refractivity contribution is 6.30. The second kappa shape index (κ2) is 8.18. The highest BCUT2D eigenvalue weighted by Crippen LogP contribution is 2.18. The minimum Gasteiger partial charge on any atom is -0.346 e. The molecule has 3 rings (SSSR count). The molecule has 3 aromatic rings. The molecule has 1 aromatic heterocycles. The van der Waals surface area contributed by atoms with Crippen molar-refractivity contribution in [2.45, 2.75) is 26.8 Å². The minimum absolute atomic E-state index is 0.115. The Balaban J connectivity index is 1.65. The van der Waals surface area contributed by atoms with Crippen LogP contribution in [0, 0.1) is 13.8 Å². The molecule has 0 unspecified atom stereocenters. The number of benzene rings is 2. The lowest BCUT2D eigenvalue weighted by Gasteiger charge is -2.15. The van der Waals surface area contributed by atoms with Crippen LogP contribution in [-0.4, -0.2) is 15.9 Å². The number of rotatable bonds is 5. The van der Waals surface area contributed by atoms with Crippen molar-refractivity contribution in [2.75, 3.05) is 5.32 Å². The molecule has 27 heavy (non-hydrogen) atoms. The standard InChI is InChI=1S/C21H21ClN4O/c1-13-12-14(2)24-21(23-13)26-19-10-6-17(7-11-19)20(27)25-15(3)16-4-8-18(22)9-5-16/h4-12,15H,1-3H3,(H,25,27)(H,23,24,26)/t15-/m1/s1. The Hall–Kier alpha value is -2.92. The van der Waals surface area contributed by atoms with E-state index in [9.17, 15) is 4.79 Å². The number of halogens is 1. The van der Waals surface area contributed by atoms with Crippen LogP contribution < -0.4 is 10.6 Å². The molecule has 0 saturated carbocycles. The molecule has 6 heteroatoms. The summed E-state index contributed by atoms with van der Waals surface area (Å²) in [6, 6.07) is 16.5. The summed E-state index contributed by atoms with van der Waals surface area (Å²) in [6.07, 6.45) is 0. The summed E-state index contributed by atoms with van der Waals surface area (Å²) in [7, 11) is 0. The molecular formula is C21H21ClN4O. The zero-order valence-corrected chi connectivity index (χ0v) is 16.2. The Kier molecular flexibility index (Phi) is 5.72. The van der Waals surface area contributed by atoms with E-state index < -0.39 is 0 Å². The zero-order valence-electron chi connectivity index (χ0n) is 15.5. The molecule has 5 nitrogen and oxygen atoms in total. The minimum atomic E-state index is -0.133. The summed E-state index contributed by atoms with van der Waals surface area (Å²) in [5.74, 6) is 0.410. The molecule has 2 aromatic carbocycles.